The molecule has 1 aliphatic carbocycles. The summed E-state index contributed by atoms with van der Waals surface area (Å²) in [6.07, 6.45) is 7.80. The van der Waals surface area contributed by atoms with E-state index in [4.69, 9.17) is 8.85 Å². The van der Waals surface area contributed by atoms with E-state index in [1.54, 1.807) is 0 Å². The first-order valence-electron chi connectivity index (χ1n) is 12.2. The molecular formula is C25H48Br2O2Si2. The van der Waals surface area contributed by atoms with E-state index in [-0.39, 0.29) is 16.1 Å². The Morgan fingerprint density at radius 3 is 1.97 bits per heavy atom. The largest absolute Gasteiger partial charge is 0.416 e. The third kappa shape index (κ3) is 6.69. The summed E-state index contributed by atoms with van der Waals surface area (Å²) >= 11 is 7.01. The van der Waals surface area contributed by atoms with Crippen LogP contribution in [-0.4, -0.2) is 28.8 Å². The summed E-state index contributed by atoms with van der Waals surface area (Å²) in [7, 11) is -3.63. The number of rotatable bonds is 13. The van der Waals surface area contributed by atoms with Crippen molar-refractivity contribution in [2.75, 3.05) is 6.61 Å². The summed E-state index contributed by atoms with van der Waals surface area (Å²) in [6, 6.07) is 3.52. The van der Waals surface area contributed by atoms with Gasteiger partial charge < -0.3 is 8.85 Å². The first-order valence-corrected chi connectivity index (χ1v) is 19.2. The Bertz CT molecular complexity index is 626. The standard InChI is InChI=1S/C25H48Br2O2Si2/c1-11-31(12-2,13-3)29-25(21(4)5)19-18-24(25,17-15-14-16-22(26)27)20-28-30(9,10)23(6,7)8/h16H,4,11-15,17-20H2,1-3,5-10H3/t24-,25-/m0/s1. The van der Waals surface area contributed by atoms with Gasteiger partial charge in [-0.1, -0.05) is 54.2 Å². The van der Waals surface area contributed by atoms with Crippen molar-refractivity contribution in [3.63, 3.8) is 0 Å². The lowest BCUT2D eigenvalue weighted by Crippen LogP contribution is -2.66. The molecule has 0 saturated heterocycles. The second kappa shape index (κ2) is 11.5. The first-order chi connectivity index (χ1) is 14.2. The summed E-state index contributed by atoms with van der Waals surface area (Å²) in [5, 5.41) is 0.211. The summed E-state index contributed by atoms with van der Waals surface area (Å²) in [5.41, 5.74) is 1.03. The average Bonchev–Trinajstić information content (AvgIpc) is 2.66. The van der Waals surface area contributed by atoms with Gasteiger partial charge in [-0.3, -0.25) is 0 Å². The third-order valence-corrected chi connectivity index (χ3v) is 18.3. The smallest absolute Gasteiger partial charge is 0.193 e. The number of hydrogen-bond donors (Lipinski definition) is 0. The molecule has 182 valence electrons. The lowest BCUT2D eigenvalue weighted by molar-refractivity contribution is -0.152. The minimum Gasteiger partial charge on any atom is -0.416 e. The zero-order chi connectivity index (χ0) is 24.1. The van der Waals surface area contributed by atoms with Gasteiger partial charge in [0.2, 0.25) is 0 Å². The van der Waals surface area contributed by atoms with E-state index in [9.17, 15) is 0 Å². The fourth-order valence-corrected chi connectivity index (χ4v) is 9.42. The lowest BCUT2D eigenvalue weighted by atomic mass is 9.52. The summed E-state index contributed by atoms with van der Waals surface area (Å²) in [6.45, 7) is 26.2. The van der Waals surface area contributed by atoms with Crippen LogP contribution in [0.15, 0.2) is 21.6 Å². The Morgan fingerprint density at radius 1 is 1.06 bits per heavy atom. The summed E-state index contributed by atoms with van der Waals surface area (Å²) < 4.78 is 15.3. The van der Waals surface area contributed by atoms with E-state index in [0.717, 1.165) is 35.7 Å². The third-order valence-electron chi connectivity index (χ3n) is 8.50. The van der Waals surface area contributed by atoms with E-state index >= 15 is 0 Å². The Hall–Kier alpha value is 0.794. The van der Waals surface area contributed by atoms with Crippen LogP contribution in [-0.2, 0) is 8.85 Å². The van der Waals surface area contributed by atoms with Gasteiger partial charge in [0.15, 0.2) is 16.6 Å². The minimum absolute atomic E-state index is 0.0404. The molecule has 1 fully saturated rings. The van der Waals surface area contributed by atoms with Gasteiger partial charge in [-0.05, 0) is 113 Å². The van der Waals surface area contributed by atoms with Gasteiger partial charge in [-0.2, -0.15) is 0 Å². The molecule has 0 amide bonds. The zero-order valence-electron chi connectivity index (χ0n) is 21.7. The fourth-order valence-electron chi connectivity index (χ4n) is 4.73. The van der Waals surface area contributed by atoms with Gasteiger partial charge in [-0.25, -0.2) is 0 Å². The fraction of sp³-hybridized carbons (Fsp3) is 0.840. The first kappa shape index (κ1) is 29.8. The topological polar surface area (TPSA) is 18.5 Å². The predicted molar refractivity (Wildman–Crippen MR) is 150 cm³/mol. The van der Waals surface area contributed by atoms with Gasteiger partial charge in [-0.15, -0.1) is 0 Å². The minimum atomic E-state index is -1.84. The van der Waals surface area contributed by atoms with Gasteiger partial charge >= 0.3 is 0 Å². The van der Waals surface area contributed by atoms with Crippen molar-refractivity contribution in [1.29, 1.82) is 0 Å². The molecule has 2 atom stereocenters. The maximum Gasteiger partial charge on any atom is 0.193 e. The molecule has 0 aromatic heterocycles. The molecule has 0 radical (unpaired) electrons. The quantitative estimate of drug-likeness (QED) is 0.120. The molecule has 0 aromatic rings. The van der Waals surface area contributed by atoms with Crippen LogP contribution >= 0.6 is 31.9 Å². The van der Waals surface area contributed by atoms with Crippen molar-refractivity contribution in [2.45, 2.75) is 122 Å². The number of unbranched alkanes of at least 4 members (excludes halogenated alkanes) is 1. The number of halogens is 2. The molecule has 0 unspecified atom stereocenters. The van der Waals surface area contributed by atoms with E-state index in [2.05, 4.69) is 106 Å². The van der Waals surface area contributed by atoms with E-state index < -0.39 is 16.6 Å². The van der Waals surface area contributed by atoms with Crippen LogP contribution in [0.3, 0.4) is 0 Å². The van der Waals surface area contributed by atoms with Crippen molar-refractivity contribution in [3.05, 3.63) is 21.6 Å². The molecule has 31 heavy (non-hydrogen) atoms. The molecule has 0 heterocycles. The van der Waals surface area contributed by atoms with Crippen molar-refractivity contribution < 1.29 is 8.85 Å². The molecule has 6 heteroatoms. The van der Waals surface area contributed by atoms with Crippen molar-refractivity contribution >= 4 is 48.5 Å². The second-order valence-electron chi connectivity index (χ2n) is 11.2. The number of hydrogen-bond acceptors (Lipinski definition) is 2. The monoisotopic (exact) mass is 594 g/mol. The molecule has 1 rings (SSSR count). The molecule has 1 saturated carbocycles. The Morgan fingerprint density at radius 2 is 1.61 bits per heavy atom. The molecule has 0 aromatic carbocycles. The van der Waals surface area contributed by atoms with Crippen molar-refractivity contribution in [1.82, 2.24) is 0 Å². The molecule has 0 spiro atoms. The summed E-state index contributed by atoms with van der Waals surface area (Å²) in [4.78, 5) is 0. The van der Waals surface area contributed by atoms with Gasteiger partial charge in [0, 0.05) is 12.0 Å². The van der Waals surface area contributed by atoms with Gasteiger partial charge in [0.05, 0.1) is 8.99 Å². The van der Waals surface area contributed by atoms with Gasteiger partial charge in [0.1, 0.15) is 0 Å². The molecule has 0 aliphatic heterocycles. The Labute approximate surface area is 212 Å². The normalized spacial score (nSPS) is 24.6. The highest BCUT2D eigenvalue weighted by Gasteiger charge is 2.62. The van der Waals surface area contributed by atoms with Crippen LogP contribution in [0.25, 0.3) is 0 Å². The highest BCUT2D eigenvalue weighted by Crippen LogP contribution is 2.61. The zero-order valence-corrected chi connectivity index (χ0v) is 26.9. The van der Waals surface area contributed by atoms with E-state index in [1.807, 2.05) is 0 Å². The molecule has 0 bridgehead atoms. The van der Waals surface area contributed by atoms with Crippen LogP contribution in [0.4, 0.5) is 0 Å². The Balaban J connectivity index is 3.31. The molecule has 1 aliphatic rings. The van der Waals surface area contributed by atoms with Crippen LogP contribution in [0, 0.1) is 5.41 Å². The van der Waals surface area contributed by atoms with Crippen LogP contribution in [0.2, 0.25) is 36.3 Å². The second-order valence-corrected chi connectivity index (χ2v) is 23.4. The molecule has 2 nitrogen and oxygen atoms in total. The van der Waals surface area contributed by atoms with Crippen LogP contribution in [0.1, 0.15) is 80.6 Å². The average molecular weight is 597 g/mol. The van der Waals surface area contributed by atoms with Crippen molar-refractivity contribution in [2.24, 2.45) is 5.41 Å². The highest BCUT2D eigenvalue weighted by atomic mass is 79.9. The van der Waals surface area contributed by atoms with E-state index in [1.165, 1.54) is 30.1 Å². The summed E-state index contributed by atoms with van der Waals surface area (Å²) in [5.74, 6) is 0. The maximum atomic E-state index is 7.36. The van der Waals surface area contributed by atoms with Crippen LogP contribution in [0.5, 0.6) is 0 Å². The maximum absolute atomic E-state index is 7.36. The highest BCUT2D eigenvalue weighted by molar-refractivity contribution is 9.28. The SMILES string of the molecule is C=C(C)[C@@]1(O[Si](CC)(CC)CC)CC[C@@]1(CCCC=C(Br)Br)CO[Si](C)(C)C(C)(C)C. The Kier molecular flexibility index (Phi) is 11.0. The molecule has 0 N–H and O–H groups in total. The van der Waals surface area contributed by atoms with Crippen molar-refractivity contribution in [3.8, 4) is 0 Å². The van der Waals surface area contributed by atoms with E-state index in [0.29, 0.717) is 0 Å². The molecular weight excluding hydrogens is 548 g/mol. The van der Waals surface area contributed by atoms with Gasteiger partial charge in [0.25, 0.3) is 0 Å². The lowest BCUT2D eigenvalue weighted by Gasteiger charge is -2.63. The predicted octanol–water partition coefficient (Wildman–Crippen LogP) is 9.93. The van der Waals surface area contributed by atoms with Crippen LogP contribution < -0.4 is 0 Å². The number of allylic oxidation sites excluding steroid dienone is 1.